The van der Waals surface area contributed by atoms with Gasteiger partial charge in [-0.2, -0.15) is 10.1 Å². The Kier molecular flexibility index (Phi) is 4.90. The van der Waals surface area contributed by atoms with Crippen molar-refractivity contribution in [1.82, 2.24) is 19.7 Å². The lowest BCUT2D eigenvalue weighted by molar-refractivity contribution is 0.0216. The highest BCUT2D eigenvalue weighted by molar-refractivity contribution is 6.31. The van der Waals surface area contributed by atoms with Crippen molar-refractivity contribution in [1.29, 1.82) is 0 Å². The van der Waals surface area contributed by atoms with E-state index >= 15 is 0 Å². The van der Waals surface area contributed by atoms with E-state index in [4.69, 9.17) is 20.8 Å². The molecule has 1 saturated heterocycles. The molecule has 0 N–H and O–H groups in total. The summed E-state index contributed by atoms with van der Waals surface area (Å²) in [5.41, 5.74) is 1.51. The van der Waals surface area contributed by atoms with Gasteiger partial charge in [0.25, 0.3) is 6.01 Å². The minimum absolute atomic E-state index is 0.0213. The van der Waals surface area contributed by atoms with Crippen LogP contribution in [0.25, 0.3) is 16.8 Å². The SMILES string of the molecule is C[C@H]1CN(C(=O)OC(C)(C)C)CCN1c1nc2cc(Cl)cc(-n3cccn3)c2o1. The van der Waals surface area contributed by atoms with Gasteiger partial charge in [-0.1, -0.05) is 11.6 Å². The van der Waals surface area contributed by atoms with Gasteiger partial charge in [-0.05, 0) is 45.9 Å². The molecule has 0 aliphatic carbocycles. The Labute approximate surface area is 174 Å². The van der Waals surface area contributed by atoms with Crippen molar-refractivity contribution in [2.24, 2.45) is 0 Å². The van der Waals surface area contributed by atoms with E-state index in [2.05, 4.69) is 15.0 Å². The van der Waals surface area contributed by atoms with E-state index < -0.39 is 5.60 Å². The highest BCUT2D eigenvalue weighted by Gasteiger charge is 2.32. The molecule has 3 aromatic rings. The maximum atomic E-state index is 12.4. The number of hydrogen-bond acceptors (Lipinski definition) is 6. The van der Waals surface area contributed by atoms with Gasteiger partial charge in [0.2, 0.25) is 0 Å². The summed E-state index contributed by atoms with van der Waals surface area (Å²) in [6.07, 6.45) is 3.23. The van der Waals surface area contributed by atoms with Crippen LogP contribution in [0, 0.1) is 0 Å². The number of hydrogen-bond donors (Lipinski definition) is 0. The van der Waals surface area contributed by atoms with E-state index in [9.17, 15) is 4.79 Å². The lowest BCUT2D eigenvalue weighted by Gasteiger charge is -2.39. The van der Waals surface area contributed by atoms with Gasteiger partial charge in [0, 0.05) is 43.1 Å². The van der Waals surface area contributed by atoms with Crippen molar-refractivity contribution in [3.63, 3.8) is 0 Å². The van der Waals surface area contributed by atoms with Crippen molar-refractivity contribution >= 4 is 34.8 Å². The topological polar surface area (TPSA) is 76.6 Å². The Morgan fingerprint density at radius 3 is 2.76 bits per heavy atom. The normalized spacial score (nSPS) is 17.8. The summed E-state index contributed by atoms with van der Waals surface area (Å²) in [6.45, 7) is 9.29. The second-order valence-corrected chi connectivity index (χ2v) is 8.63. The number of oxazole rings is 1. The molecule has 9 heteroatoms. The molecular formula is C20H24ClN5O3. The Balaban J connectivity index is 1.58. The van der Waals surface area contributed by atoms with Gasteiger partial charge in [0.1, 0.15) is 16.8 Å². The first kappa shape index (κ1) is 19.6. The molecule has 0 saturated carbocycles. The van der Waals surface area contributed by atoms with E-state index in [0.29, 0.717) is 41.8 Å². The lowest BCUT2D eigenvalue weighted by atomic mass is 10.2. The highest BCUT2D eigenvalue weighted by Crippen LogP contribution is 2.31. The van der Waals surface area contributed by atoms with Crippen LogP contribution in [0.2, 0.25) is 5.02 Å². The average Bonchev–Trinajstić information content (AvgIpc) is 3.29. The number of rotatable bonds is 2. The first-order valence-electron chi connectivity index (χ1n) is 9.56. The smallest absolute Gasteiger partial charge is 0.410 e. The number of aromatic nitrogens is 3. The molecule has 1 atom stereocenters. The first-order chi connectivity index (χ1) is 13.7. The summed E-state index contributed by atoms with van der Waals surface area (Å²) in [5, 5.41) is 4.83. The zero-order valence-corrected chi connectivity index (χ0v) is 17.7. The molecule has 1 fully saturated rings. The molecule has 154 valence electrons. The fourth-order valence-electron chi connectivity index (χ4n) is 3.41. The Morgan fingerprint density at radius 2 is 2.10 bits per heavy atom. The van der Waals surface area contributed by atoms with Gasteiger partial charge >= 0.3 is 6.09 Å². The summed E-state index contributed by atoms with van der Waals surface area (Å²) >= 11 is 6.28. The molecule has 1 aliphatic heterocycles. The number of carbonyl (C=O) groups is 1. The largest absolute Gasteiger partial charge is 0.444 e. The zero-order valence-electron chi connectivity index (χ0n) is 16.9. The Bertz CT molecular complexity index is 1020. The quantitative estimate of drug-likeness (QED) is 0.624. The average molecular weight is 418 g/mol. The second kappa shape index (κ2) is 7.26. The summed E-state index contributed by atoms with van der Waals surface area (Å²) in [4.78, 5) is 20.8. The minimum Gasteiger partial charge on any atom is -0.444 e. The molecule has 2 aromatic heterocycles. The molecule has 0 unspecified atom stereocenters. The highest BCUT2D eigenvalue weighted by atomic mass is 35.5. The zero-order chi connectivity index (χ0) is 20.8. The summed E-state index contributed by atoms with van der Waals surface area (Å²) in [7, 11) is 0. The predicted molar refractivity (Wildman–Crippen MR) is 111 cm³/mol. The number of benzene rings is 1. The third-order valence-corrected chi connectivity index (χ3v) is 4.92. The third-order valence-electron chi connectivity index (χ3n) is 4.70. The van der Waals surface area contributed by atoms with Gasteiger partial charge in [-0.25, -0.2) is 9.48 Å². The Morgan fingerprint density at radius 1 is 1.31 bits per heavy atom. The van der Waals surface area contributed by atoms with Crippen molar-refractivity contribution < 1.29 is 13.9 Å². The van der Waals surface area contributed by atoms with Crippen LogP contribution in [-0.4, -0.2) is 57.0 Å². The van der Waals surface area contributed by atoms with Crippen LogP contribution < -0.4 is 4.90 Å². The van der Waals surface area contributed by atoms with Crippen molar-refractivity contribution in [2.45, 2.75) is 39.3 Å². The number of ether oxygens (including phenoxy) is 1. The van der Waals surface area contributed by atoms with E-state index in [1.807, 2.05) is 40.0 Å². The van der Waals surface area contributed by atoms with Crippen LogP contribution in [0.15, 0.2) is 35.0 Å². The van der Waals surface area contributed by atoms with Gasteiger partial charge < -0.3 is 19.0 Å². The van der Waals surface area contributed by atoms with Gasteiger partial charge in [0.15, 0.2) is 5.58 Å². The molecule has 0 spiro atoms. The third kappa shape index (κ3) is 4.03. The van der Waals surface area contributed by atoms with Crippen LogP contribution in [0.4, 0.5) is 10.8 Å². The van der Waals surface area contributed by atoms with Crippen LogP contribution in [0.1, 0.15) is 27.7 Å². The number of fused-ring (bicyclic) bond motifs is 1. The van der Waals surface area contributed by atoms with Crippen molar-refractivity contribution in [3.8, 4) is 5.69 Å². The molecule has 3 heterocycles. The molecule has 1 aliphatic rings. The summed E-state index contributed by atoms with van der Waals surface area (Å²) in [6, 6.07) is 5.94. The number of amides is 1. The monoisotopic (exact) mass is 417 g/mol. The Hall–Kier alpha value is -2.74. The van der Waals surface area contributed by atoms with Gasteiger partial charge in [0.05, 0.1) is 0 Å². The first-order valence-corrected chi connectivity index (χ1v) is 9.94. The van der Waals surface area contributed by atoms with Gasteiger partial charge in [-0.3, -0.25) is 0 Å². The summed E-state index contributed by atoms with van der Waals surface area (Å²) in [5.74, 6) is 0. The predicted octanol–water partition coefficient (Wildman–Crippen LogP) is 4.11. The van der Waals surface area contributed by atoms with Crippen LogP contribution in [-0.2, 0) is 4.74 Å². The standard InChI is InChI=1S/C20H24ClN5O3/c1-13-12-24(19(27)29-20(2,3)4)8-9-25(13)18-23-15-10-14(21)11-16(17(15)28-18)26-7-5-6-22-26/h5-7,10-11,13H,8-9,12H2,1-4H3/t13-/m0/s1. The molecule has 4 rings (SSSR count). The van der Waals surface area contributed by atoms with E-state index in [-0.39, 0.29) is 12.1 Å². The molecule has 8 nitrogen and oxygen atoms in total. The maximum absolute atomic E-state index is 12.4. The number of nitrogens with zero attached hydrogens (tertiary/aromatic N) is 5. The van der Waals surface area contributed by atoms with E-state index in [1.165, 1.54) is 0 Å². The molecule has 29 heavy (non-hydrogen) atoms. The molecule has 1 amide bonds. The molecule has 0 bridgehead atoms. The number of halogens is 1. The number of anilines is 1. The van der Waals surface area contributed by atoms with Crippen LogP contribution in [0.3, 0.4) is 0 Å². The van der Waals surface area contributed by atoms with E-state index in [1.54, 1.807) is 27.9 Å². The van der Waals surface area contributed by atoms with Gasteiger partial charge in [-0.15, -0.1) is 0 Å². The summed E-state index contributed by atoms with van der Waals surface area (Å²) < 4.78 is 13.3. The minimum atomic E-state index is -0.514. The van der Waals surface area contributed by atoms with Crippen LogP contribution >= 0.6 is 11.6 Å². The fraction of sp³-hybridized carbons (Fsp3) is 0.450. The van der Waals surface area contributed by atoms with Crippen molar-refractivity contribution in [2.75, 3.05) is 24.5 Å². The fourth-order valence-corrected chi connectivity index (χ4v) is 3.62. The number of piperazine rings is 1. The lowest BCUT2D eigenvalue weighted by Crippen LogP contribution is -2.54. The van der Waals surface area contributed by atoms with Crippen molar-refractivity contribution in [3.05, 3.63) is 35.6 Å². The second-order valence-electron chi connectivity index (χ2n) is 8.19. The number of carbonyl (C=O) groups excluding carboxylic acids is 1. The molecular weight excluding hydrogens is 394 g/mol. The van der Waals surface area contributed by atoms with Crippen LogP contribution in [0.5, 0.6) is 0 Å². The molecule has 0 radical (unpaired) electrons. The molecule has 1 aromatic carbocycles. The van der Waals surface area contributed by atoms with E-state index in [0.717, 1.165) is 5.69 Å². The maximum Gasteiger partial charge on any atom is 0.410 e.